The quantitative estimate of drug-likeness (QED) is 0.545. The molecule has 0 bridgehead atoms. The van der Waals surface area contributed by atoms with Gasteiger partial charge in [-0.15, -0.1) is 0 Å². The molecular formula is C14H19FO3S. The van der Waals surface area contributed by atoms with E-state index in [-0.39, 0.29) is 11.8 Å². The predicted molar refractivity (Wildman–Crippen MR) is 72.8 cm³/mol. The van der Waals surface area contributed by atoms with Crippen molar-refractivity contribution >= 4 is 16.8 Å². The maximum Gasteiger partial charge on any atom is 0.305 e. The van der Waals surface area contributed by atoms with Crippen LogP contribution in [-0.4, -0.2) is 22.5 Å². The number of rotatable bonds is 8. The Morgan fingerprint density at radius 1 is 1.21 bits per heavy atom. The molecule has 0 radical (unpaired) electrons. The van der Waals surface area contributed by atoms with Crippen LogP contribution in [0.4, 0.5) is 4.39 Å². The van der Waals surface area contributed by atoms with Crippen LogP contribution in [0.1, 0.15) is 32.6 Å². The zero-order valence-electron chi connectivity index (χ0n) is 11.1. The van der Waals surface area contributed by atoms with Gasteiger partial charge >= 0.3 is 5.97 Å². The van der Waals surface area contributed by atoms with Crippen molar-refractivity contribution in [1.29, 1.82) is 0 Å². The molecule has 0 aliphatic rings. The van der Waals surface area contributed by atoms with Crippen molar-refractivity contribution in [3.05, 3.63) is 30.1 Å². The molecule has 3 nitrogen and oxygen atoms in total. The van der Waals surface area contributed by atoms with Gasteiger partial charge in [0, 0.05) is 17.1 Å². The molecule has 1 aromatic rings. The fourth-order valence-electron chi connectivity index (χ4n) is 1.62. The molecule has 1 rings (SSSR count). The monoisotopic (exact) mass is 286 g/mol. The first-order chi connectivity index (χ1) is 9.13. The van der Waals surface area contributed by atoms with Gasteiger partial charge in [-0.2, -0.15) is 0 Å². The Hall–Kier alpha value is -1.23. The summed E-state index contributed by atoms with van der Waals surface area (Å²) in [7, 11) is -1.09. The largest absolute Gasteiger partial charge is 0.466 e. The van der Waals surface area contributed by atoms with Gasteiger partial charge in [-0.3, -0.25) is 9.00 Å². The average molecular weight is 286 g/mol. The number of hydrogen-bond donors (Lipinski definition) is 0. The summed E-state index contributed by atoms with van der Waals surface area (Å²) >= 11 is 0. The summed E-state index contributed by atoms with van der Waals surface area (Å²) in [6, 6.07) is 5.72. The Labute approximate surface area is 115 Å². The lowest BCUT2D eigenvalue weighted by atomic mass is 10.2. The minimum absolute atomic E-state index is 0.179. The topological polar surface area (TPSA) is 43.4 Å². The van der Waals surface area contributed by atoms with E-state index in [4.69, 9.17) is 4.74 Å². The number of ether oxygens (including phenoxy) is 1. The number of unbranched alkanes of at least 4 members (excludes halogenated alkanes) is 2. The second-order valence-corrected chi connectivity index (χ2v) is 5.69. The lowest BCUT2D eigenvalue weighted by Crippen LogP contribution is -2.04. The summed E-state index contributed by atoms with van der Waals surface area (Å²) in [5.74, 6) is 0.0337. The van der Waals surface area contributed by atoms with E-state index >= 15 is 0 Å². The molecule has 1 atom stereocenters. The number of halogens is 1. The molecule has 0 spiro atoms. The molecule has 19 heavy (non-hydrogen) atoms. The molecule has 0 aliphatic heterocycles. The Morgan fingerprint density at radius 2 is 1.89 bits per heavy atom. The fraction of sp³-hybridized carbons (Fsp3) is 0.500. The first-order valence-electron chi connectivity index (χ1n) is 6.43. The molecule has 0 amide bonds. The normalized spacial score (nSPS) is 12.1. The molecule has 0 saturated carbocycles. The summed E-state index contributed by atoms with van der Waals surface area (Å²) in [5.41, 5.74) is 0. The van der Waals surface area contributed by atoms with Crippen molar-refractivity contribution in [2.75, 3.05) is 12.4 Å². The average Bonchev–Trinajstić information content (AvgIpc) is 2.39. The highest BCUT2D eigenvalue weighted by atomic mass is 32.2. The second-order valence-electron chi connectivity index (χ2n) is 4.12. The van der Waals surface area contributed by atoms with Gasteiger partial charge in [0.15, 0.2) is 0 Å². The van der Waals surface area contributed by atoms with Gasteiger partial charge in [0.2, 0.25) is 0 Å². The molecule has 0 N–H and O–H groups in total. The molecule has 0 aliphatic carbocycles. The highest BCUT2D eigenvalue weighted by Gasteiger charge is 2.05. The van der Waals surface area contributed by atoms with E-state index in [0.29, 0.717) is 23.7 Å². The van der Waals surface area contributed by atoms with Crippen molar-refractivity contribution < 1.29 is 18.1 Å². The minimum atomic E-state index is -1.09. The Kier molecular flexibility index (Phi) is 7.33. The summed E-state index contributed by atoms with van der Waals surface area (Å²) < 4.78 is 29.4. The number of hydrogen-bond acceptors (Lipinski definition) is 3. The molecule has 106 valence electrons. The van der Waals surface area contributed by atoms with Gasteiger partial charge in [-0.25, -0.2) is 4.39 Å². The van der Waals surface area contributed by atoms with Crippen LogP contribution in [0.25, 0.3) is 0 Å². The maximum absolute atomic E-state index is 12.7. The molecular weight excluding hydrogens is 267 g/mol. The zero-order valence-corrected chi connectivity index (χ0v) is 11.9. The number of benzene rings is 1. The number of carbonyl (C=O) groups excluding carboxylic acids is 1. The third-order valence-electron chi connectivity index (χ3n) is 2.59. The highest BCUT2D eigenvalue weighted by Crippen LogP contribution is 2.10. The predicted octanol–water partition coefficient (Wildman–Crippen LogP) is 3.06. The van der Waals surface area contributed by atoms with E-state index in [2.05, 4.69) is 0 Å². The molecule has 0 saturated heterocycles. The van der Waals surface area contributed by atoms with Crippen molar-refractivity contribution in [2.45, 2.75) is 37.5 Å². The SMILES string of the molecule is CCOC(=O)CCCCCS(=O)c1ccc(F)cc1. The maximum atomic E-state index is 12.7. The van der Waals surface area contributed by atoms with Crippen molar-refractivity contribution in [3.63, 3.8) is 0 Å². The van der Waals surface area contributed by atoms with Gasteiger partial charge in [-0.05, 0) is 44.0 Å². The van der Waals surface area contributed by atoms with Crippen LogP contribution in [0, 0.1) is 5.82 Å². The van der Waals surface area contributed by atoms with Gasteiger partial charge in [0.05, 0.1) is 17.4 Å². The van der Waals surface area contributed by atoms with Crippen LogP contribution in [0.3, 0.4) is 0 Å². The molecule has 0 heterocycles. The Balaban J connectivity index is 2.17. The lowest BCUT2D eigenvalue weighted by molar-refractivity contribution is -0.143. The summed E-state index contributed by atoms with van der Waals surface area (Å²) in [6.07, 6.45) is 2.78. The van der Waals surface area contributed by atoms with Crippen LogP contribution in [0.5, 0.6) is 0 Å². The number of esters is 1. The standard InChI is InChI=1S/C14H19FO3S/c1-2-18-14(16)6-4-3-5-11-19(17)13-9-7-12(15)8-10-13/h7-10H,2-6,11H2,1H3. The van der Waals surface area contributed by atoms with Crippen LogP contribution in [-0.2, 0) is 20.3 Å². The van der Waals surface area contributed by atoms with Crippen molar-refractivity contribution in [2.24, 2.45) is 0 Å². The van der Waals surface area contributed by atoms with Gasteiger partial charge < -0.3 is 4.74 Å². The first-order valence-corrected chi connectivity index (χ1v) is 7.75. The van der Waals surface area contributed by atoms with E-state index in [1.54, 1.807) is 19.1 Å². The Bertz CT molecular complexity index is 417. The third kappa shape index (κ3) is 6.47. The molecule has 1 aromatic carbocycles. The Morgan fingerprint density at radius 3 is 2.53 bits per heavy atom. The second kappa shape index (κ2) is 8.80. The smallest absolute Gasteiger partial charge is 0.305 e. The van der Waals surface area contributed by atoms with Crippen molar-refractivity contribution in [1.82, 2.24) is 0 Å². The van der Waals surface area contributed by atoms with E-state index < -0.39 is 10.8 Å². The van der Waals surface area contributed by atoms with E-state index in [9.17, 15) is 13.4 Å². The third-order valence-corrected chi connectivity index (χ3v) is 4.05. The van der Waals surface area contributed by atoms with E-state index in [1.807, 2.05) is 0 Å². The molecule has 0 fully saturated rings. The van der Waals surface area contributed by atoms with Gasteiger partial charge in [-0.1, -0.05) is 6.42 Å². The van der Waals surface area contributed by atoms with Gasteiger partial charge in [0.1, 0.15) is 5.82 Å². The minimum Gasteiger partial charge on any atom is -0.466 e. The summed E-state index contributed by atoms with van der Waals surface area (Å²) in [5, 5.41) is 0. The van der Waals surface area contributed by atoms with Crippen LogP contribution in [0.15, 0.2) is 29.2 Å². The molecule has 0 aromatic heterocycles. The fourth-order valence-corrected chi connectivity index (χ4v) is 2.76. The zero-order chi connectivity index (χ0) is 14.1. The number of carbonyl (C=O) groups is 1. The van der Waals surface area contributed by atoms with Crippen LogP contribution < -0.4 is 0 Å². The van der Waals surface area contributed by atoms with Crippen LogP contribution in [0.2, 0.25) is 0 Å². The van der Waals surface area contributed by atoms with Crippen molar-refractivity contribution in [3.8, 4) is 0 Å². The molecule has 1 unspecified atom stereocenters. The lowest BCUT2D eigenvalue weighted by Gasteiger charge is -2.03. The first kappa shape index (κ1) is 15.8. The summed E-state index contributed by atoms with van der Waals surface area (Å²) in [6.45, 7) is 2.19. The van der Waals surface area contributed by atoms with Crippen LogP contribution >= 0.6 is 0 Å². The van der Waals surface area contributed by atoms with E-state index in [1.165, 1.54) is 12.1 Å². The molecule has 5 heteroatoms. The van der Waals surface area contributed by atoms with Gasteiger partial charge in [0.25, 0.3) is 0 Å². The highest BCUT2D eigenvalue weighted by molar-refractivity contribution is 7.85. The summed E-state index contributed by atoms with van der Waals surface area (Å²) in [4.78, 5) is 11.7. The van der Waals surface area contributed by atoms with E-state index in [0.717, 1.165) is 19.3 Å².